The van der Waals surface area contributed by atoms with Crippen molar-refractivity contribution >= 4 is 18.1 Å². The molecule has 0 radical (unpaired) electrons. The summed E-state index contributed by atoms with van der Waals surface area (Å²) in [5, 5.41) is 16.9. The Morgan fingerprint density at radius 3 is 2.86 bits per heavy atom. The number of aromatic nitrogens is 2. The van der Waals surface area contributed by atoms with E-state index in [1.807, 2.05) is 13.0 Å². The van der Waals surface area contributed by atoms with Crippen LogP contribution in [0.15, 0.2) is 24.4 Å². The number of phenolic OH excluding ortho intramolecular Hbond substituents is 1. The Hall–Kier alpha value is -1.95. The molecule has 0 aliphatic rings. The quantitative estimate of drug-likeness (QED) is 0.860. The van der Waals surface area contributed by atoms with E-state index in [1.54, 1.807) is 23.0 Å². The molecule has 2 aromatic rings. The second-order valence-electron chi connectivity index (χ2n) is 4.42. The van der Waals surface area contributed by atoms with E-state index in [0.29, 0.717) is 12.3 Å². The molecule has 7 heteroatoms. The molecule has 2 rings (SSSR count). The number of hydrogen-bond donors (Lipinski definition) is 2. The fourth-order valence-corrected chi connectivity index (χ4v) is 1.95. The zero-order chi connectivity index (χ0) is 14.5. The van der Waals surface area contributed by atoms with E-state index in [-0.39, 0.29) is 24.7 Å². The lowest BCUT2D eigenvalue weighted by Crippen LogP contribution is -2.05. The molecule has 0 fully saturated rings. The molecule has 0 atom stereocenters. The van der Waals surface area contributed by atoms with Gasteiger partial charge in [0.15, 0.2) is 11.5 Å². The van der Waals surface area contributed by atoms with E-state index in [1.165, 1.54) is 7.11 Å². The molecule has 1 aromatic heterocycles. The van der Waals surface area contributed by atoms with Crippen LogP contribution in [-0.2, 0) is 13.1 Å². The van der Waals surface area contributed by atoms with Gasteiger partial charge >= 0.3 is 0 Å². The largest absolute Gasteiger partial charge is 0.504 e. The first-order valence-electron chi connectivity index (χ1n) is 6.34. The van der Waals surface area contributed by atoms with Crippen molar-refractivity contribution in [3.8, 4) is 11.5 Å². The first-order valence-corrected chi connectivity index (χ1v) is 6.34. The first-order chi connectivity index (χ1) is 9.65. The number of benzene rings is 1. The zero-order valence-corrected chi connectivity index (χ0v) is 12.8. The SMILES string of the molecule is COc1cc(CNc2cnn(CCF)c2C)ccc1O.Cl. The van der Waals surface area contributed by atoms with Crippen LogP contribution in [0.2, 0.25) is 0 Å². The second-order valence-corrected chi connectivity index (χ2v) is 4.42. The molecule has 0 aliphatic carbocycles. The minimum absolute atomic E-state index is 0. The van der Waals surface area contributed by atoms with E-state index in [2.05, 4.69) is 10.4 Å². The summed E-state index contributed by atoms with van der Waals surface area (Å²) in [4.78, 5) is 0. The van der Waals surface area contributed by atoms with Crippen molar-refractivity contribution in [2.75, 3.05) is 19.1 Å². The molecule has 0 bridgehead atoms. The van der Waals surface area contributed by atoms with Crippen LogP contribution in [0.5, 0.6) is 11.5 Å². The monoisotopic (exact) mass is 315 g/mol. The van der Waals surface area contributed by atoms with E-state index in [4.69, 9.17) is 4.74 Å². The summed E-state index contributed by atoms with van der Waals surface area (Å²) in [6.07, 6.45) is 1.68. The number of rotatable bonds is 6. The van der Waals surface area contributed by atoms with Gasteiger partial charge < -0.3 is 15.2 Å². The van der Waals surface area contributed by atoms with Crippen LogP contribution in [0.3, 0.4) is 0 Å². The Bertz CT molecular complexity index is 590. The molecule has 0 aliphatic heterocycles. The molecule has 21 heavy (non-hydrogen) atoms. The number of aromatic hydroxyl groups is 1. The summed E-state index contributed by atoms with van der Waals surface area (Å²) in [6.45, 7) is 2.29. The summed E-state index contributed by atoms with van der Waals surface area (Å²) in [5.41, 5.74) is 2.73. The number of ether oxygens (including phenoxy) is 1. The Labute approximate surface area is 129 Å². The first kappa shape index (κ1) is 17.1. The predicted octanol–water partition coefficient (Wildman–Crippen LogP) is 2.91. The van der Waals surface area contributed by atoms with Crippen molar-refractivity contribution in [2.45, 2.75) is 20.0 Å². The second kappa shape index (κ2) is 7.73. The maximum atomic E-state index is 12.3. The highest BCUT2D eigenvalue weighted by Gasteiger charge is 2.07. The van der Waals surface area contributed by atoms with Gasteiger partial charge in [-0.1, -0.05) is 6.07 Å². The summed E-state index contributed by atoms with van der Waals surface area (Å²) < 4.78 is 19.0. The molecule has 0 amide bonds. The highest BCUT2D eigenvalue weighted by molar-refractivity contribution is 5.85. The van der Waals surface area contributed by atoms with Crippen LogP contribution in [0.4, 0.5) is 10.1 Å². The predicted molar refractivity (Wildman–Crippen MR) is 82.2 cm³/mol. The highest BCUT2D eigenvalue weighted by Crippen LogP contribution is 2.26. The molecule has 1 aromatic carbocycles. The van der Waals surface area contributed by atoms with Crippen molar-refractivity contribution in [1.29, 1.82) is 0 Å². The van der Waals surface area contributed by atoms with E-state index in [9.17, 15) is 9.50 Å². The van der Waals surface area contributed by atoms with Gasteiger partial charge in [0, 0.05) is 6.54 Å². The molecule has 2 N–H and O–H groups in total. The van der Waals surface area contributed by atoms with Crippen molar-refractivity contribution < 1.29 is 14.2 Å². The third-order valence-electron chi connectivity index (χ3n) is 3.13. The lowest BCUT2D eigenvalue weighted by Gasteiger charge is -2.09. The van der Waals surface area contributed by atoms with Crippen molar-refractivity contribution in [3.05, 3.63) is 35.7 Å². The number of halogens is 2. The van der Waals surface area contributed by atoms with Crippen LogP contribution >= 0.6 is 12.4 Å². The average Bonchev–Trinajstić information content (AvgIpc) is 2.80. The Morgan fingerprint density at radius 1 is 1.43 bits per heavy atom. The summed E-state index contributed by atoms with van der Waals surface area (Å²) in [7, 11) is 1.51. The van der Waals surface area contributed by atoms with Gasteiger partial charge in [0.05, 0.1) is 31.2 Å². The molecule has 1 heterocycles. The van der Waals surface area contributed by atoms with Crippen molar-refractivity contribution in [3.63, 3.8) is 0 Å². The average molecular weight is 316 g/mol. The number of hydrogen-bond acceptors (Lipinski definition) is 4. The molecule has 0 unspecified atom stereocenters. The summed E-state index contributed by atoms with van der Waals surface area (Å²) >= 11 is 0. The normalized spacial score (nSPS) is 10.0. The van der Waals surface area contributed by atoms with E-state index >= 15 is 0 Å². The summed E-state index contributed by atoms with van der Waals surface area (Å²) in [5.74, 6) is 0.553. The lowest BCUT2D eigenvalue weighted by molar-refractivity contribution is 0.373. The summed E-state index contributed by atoms with van der Waals surface area (Å²) in [6, 6.07) is 5.17. The number of anilines is 1. The number of aryl methyl sites for hydroxylation is 1. The number of alkyl halides is 1. The van der Waals surface area contributed by atoms with Crippen LogP contribution in [0.25, 0.3) is 0 Å². The van der Waals surface area contributed by atoms with Crippen molar-refractivity contribution in [2.24, 2.45) is 0 Å². The van der Waals surface area contributed by atoms with Crippen LogP contribution < -0.4 is 10.1 Å². The van der Waals surface area contributed by atoms with Gasteiger partial charge in [-0.05, 0) is 24.6 Å². The molecule has 0 saturated carbocycles. The molecule has 0 spiro atoms. The fourth-order valence-electron chi connectivity index (χ4n) is 1.95. The van der Waals surface area contributed by atoms with E-state index < -0.39 is 6.67 Å². The maximum Gasteiger partial charge on any atom is 0.160 e. The number of nitrogens with zero attached hydrogens (tertiary/aromatic N) is 2. The maximum absolute atomic E-state index is 12.3. The smallest absolute Gasteiger partial charge is 0.160 e. The topological polar surface area (TPSA) is 59.3 Å². The molecule has 5 nitrogen and oxygen atoms in total. The van der Waals surface area contributed by atoms with Crippen LogP contribution in [-0.4, -0.2) is 28.7 Å². The molecular formula is C14H19ClFN3O2. The third-order valence-corrected chi connectivity index (χ3v) is 3.13. The Balaban J connectivity index is 0.00000220. The van der Waals surface area contributed by atoms with E-state index in [0.717, 1.165) is 16.9 Å². The minimum atomic E-state index is -0.433. The Morgan fingerprint density at radius 2 is 2.19 bits per heavy atom. The molecular weight excluding hydrogens is 297 g/mol. The van der Waals surface area contributed by atoms with Gasteiger partial charge in [-0.15, -0.1) is 12.4 Å². The molecule has 116 valence electrons. The van der Waals surface area contributed by atoms with Gasteiger partial charge in [-0.25, -0.2) is 4.39 Å². The highest BCUT2D eigenvalue weighted by atomic mass is 35.5. The zero-order valence-electron chi connectivity index (χ0n) is 12.0. The van der Waals surface area contributed by atoms with Gasteiger partial charge in [-0.3, -0.25) is 4.68 Å². The van der Waals surface area contributed by atoms with Gasteiger partial charge in [0.2, 0.25) is 0 Å². The molecule has 0 saturated heterocycles. The minimum Gasteiger partial charge on any atom is -0.504 e. The number of nitrogens with one attached hydrogen (secondary N) is 1. The number of phenols is 1. The standard InChI is InChI=1S/C14H18FN3O2.ClH/c1-10-12(9-17-18(10)6-5-15)16-8-11-3-4-13(19)14(7-11)20-2;/h3-4,7,9,16,19H,5-6,8H2,1-2H3;1H. The third kappa shape index (κ3) is 4.01. The van der Waals surface area contributed by atoms with Gasteiger partial charge in [0.1, 0.15) is 6.67 Å². The van der Waals surface area contributed by atoms with Crippen LogP contribution in [0.1, 0.15) is 11.3 Å². The lowest BCUT2D eigenvalue weighted by atomic mass is 10.2. The van der Waals surface area contributed by atoms with Gasteiger partial charge in [0.25, 0.3) is 0 Å². The Kier molecular flexibility index (Phi) is 6.30. The number of methoxy groups -OCH3 is 1. The fraction of sp³-hybridized carbons (Fsp3) is 0.357. The van der Waals surface area contributed by atoms with Crippen molar-refractivity contribution in [1.82, 2.24) is 9.78 Å². The van der Waals surface area contributed by atoms with Gasteiger partial charge in [-0.2, -0.15) is 5.10 Å². The van der Waals surface area contributed by atoms with Crippen LogP contribution in [0, 0.1) is 6.92 Å².